The molecule has 0 fully saturated rings. The molecule has 0 aliphatic carbocycles. The predicted octanol–water partition coefficient (Wildman–Crippen LogP) is 5.13. The molecule has 1 aliphatic rings. The zero-order valence-corrected chi connectivity index (χ0v) is 19.1. The van der Waals surface area contributed by atoms with Crippen molar-refractivity contribution in [1.82, 2.24) is 15.1 Å². The second-order valence-corrected chi connectivity index (χ2v) is 10.8. The van der Waals surface area contributed by atoms with E-state index in [1.807, 2.05) is 17.0 Å². The molecule has 0 radical (unpaired) electrons. The van der Waals surface area contributed by atoms with Crippen molar-refractivity contribution in [1.29, 1.82) is 0 Å². The minimum atomic E-state index is 0.0213. The van der Waals surface area contributed by atoms with Crippen LogP contribution in [-0.2, 0) is 17.8 Å². The lowest BCUT2D eigenvalue weighted by Gasteiger charge is -2.35. The van der Waals surface area contributed by atoms with Crippen LogP contribution in [0.2, 0.25) is 0 Å². The largest absolute Gasteiger partial charge is 0.467 e. The standard InChI is InChI=1S/C20H18N4O2S4/c25-17(12-29-20-23-22-19(30-20)21-11-13-3-1-8-26-13)24-7-5-15-14(6-10-28-15)18(24)16-4-2-9-27-16/h1-4,6,8-10,18H,5,7,11-12H2,(H,21,22)/t18-/m0/s1. The first-order valence-electron chi connectivity index (χ1n) is 9.39. The minimum Gasteiger partial charge on any atom is -0.467 e. The van der Waals surface area contributed by atoms with E-state index in [1.165, 1.54) is 38.4 Å². The van der Waals surface area contributed by atoms with E-state index in [2.05, 4.69) is 44.5 Å². The summed E-state index contributed by atoms with van der Waals surface area (Å²) in [7, 11) is 0. The van der Waals surface area contributed by atoms with Gasteiger partial charge in [-0.15, -0.1) is 32.9 Å². The Morgan fingerprint density at radius 1 is 1.23 bits per heavy atom. The number of aromatic nitrogens is 2. The Morgan fingerprint density at radius 2 is 2.20 bits per heavy atom. The smallest absolute Gasteiger partial charge is 0.233 e. The number of fused-ring (bicyclic) bond motifs is 1. The average molecular weight is 475 g/mol. The van der Waals surface area contributed by atoms with E-state index in [-0.39, 0.29) is 11.9 Å². The Morgan fingerprint density at radius 3 is 3.03 bits per heavy atom. The van der Waals surface area contributed by atoms with Crippen LogP contribution in [0, 0.1) is 0 Å². The summed E-state index contributed by atoms with van der Waals surface area (Å²) in [6, 6.07) is 10.1. The third-order valence-corrected chi connectivity index (χ3v) is 8.74. The molecule has 5 heterocycles. The van der Waals surface area contributed by atoms with E-state index in [0.29, 0.717) is 12.3 Å². The van der Waals surface area contributed by atoms with Gasteiger partial charge in [-0.3, -0.25) is 4.79 Å². The number of thiophene rings is 2. The summed E-state index contributed by atoms with van der Waals surface area (Å²) in [6.07, 6.45) is 2.57. The fraction of sp³-hybridized carbons (Fsp3) is 0.250. The number of nitrogens with zero attached hydrogens (tertiary/aromatic N) is 3. The van der Waals surface area contributed by atoms with Gasteiger partial charge in [-0.2, -0.15) is 0 Å². The Labute approximate surface area is 190 Å². The summed E-state index contributed by atoms with van der Waals surface area (Å²) in [5.41, 5.74) is 1.27. The normalized spacial score (nSPS) is 15.9. The van der Waals surface area contributed by atoms with Crippen molar-refractivity contribution < 1.29 is 9.21 Å². The first-order chi connectivity index (χ1) is 14.8. The minimum absolute atomic E-state index is 0.0213. The van der Waals surface area contributed by atoms with E-state index in [4.69, 9.17) is 4.42 Å². The van der Waals surface area contributed by atoms with Crippen LogP contribution >= 0.6 is 45.8 Å². The Balaban J connectivity index is 1.23. The lowest BCUT2D eigenvalue weighted by molar-refractivity contribution is -0.130. The second-order valence-electron chi connectivity index (χ2n) is 6.65. The zero-order valence-electron chi connectivity index (χ0n) is 15.8. The van der Waals surface area contributed by atoms with Crippen LogP contribution < -0.4 is 5.32 Å². The highest BCUT2D eigenvalue weighted by molar-refractivity contribution is 8.01. The summed E-state index contributed by atoms with van der Waals surface area (Å²) < 4.78 is 6.09. The van der Waals surface area contributed by atoms with Gasteiger partial charge < -0.3 is 14.6 Å². The summed E-state index contributed by atoms with van der Waals surface area (Å²) in [5.74, 6) is 1.33. The van der Waals surface area contributed by atoms with Gasteiger partial charge in [-0.25, -0.2) is 0 Å². The van der Waals surface area contributed by atoms with Gasteiger partial charge in [0, 0.05) is 16.3 Å². The first-order valence-corrected chi connectivity index (χ1v) is 13.0. The zero-order chi connectivity index (χ0) is 20.3. The van der Waals surface area contributed by atoms with Crippen LogP contribution in [0.4, 0.5) is 5.13 Å². The maximum absolute atomic E-state index is 13.1. The van der Waals surface area contributed by atoms with Crippen molar-refractivity contribution in [3.8, 4) is 0 Å². The van der Waals surface area contributed by atoms with Crippen molar-refractivity contribution in [3.63, 3.8) is 0 Å². The molecule has 0 saturated heterocycles. The molecule has 1 N–H and O–H groups in total. The van der Waals surface area contributed by atoms with Crippen LogP contribution in [0.15, 0.2) is 56.1 Å². The topological polar surface area (TPSA) is 71.3 Å². The van der Waals surface area contributed by atoms with Crippen molar-refractivity contribution >= 4 is 56.8 Å². The number of amides is 1. The van der Waals surface area contributed by atoms with E-state index < -0.39 is 0 Å². The van der Waals surface area contributed by atoms with Gasteiger partial charge in [0.15, 0.2) is 4.34 Å². The van der Waals surface area contributed by atoms with Crippen molar-refractivity contribution in [2.24, 2.45) is 0 Å². The third kappa shape index (κ3) is 4.18. The molecule has 10 heteroatoms. The fourth-order valence-corrected chi connectivity index (χ4v) is 6.85. The number of nitrogens with one attached hydrogen (secondary N) is 1. The van der Waals surface area contributed by atoms with Gasteiger partial charge in [0.2, 0.25) is 11.0 Å². The number of carbonyl (C=O) groups excluding carboxylic acids is 1. The van der Waals surface area contributed by atoms with Crippen LogP contribution in [-0.4, -0.2) is 33.3 Å². The summed E-state index contributed by atoms with van der Waals surface area (Å²) >= 11 is 6.39. The first kappa shape index (κ1) is 19.8. The third-order valence-electron chi connectivity index (χ3n) is 4.82. The maximum Gasteiger partial charge on any atom is 0.233 e. The maximum atomic E-state index is 13.1. The lowest BCUT2D eigenvalue weighted by atomic mass is 9.98. The van der Waals surface area contributed by atoms with E-state index >= 15 is 0 Å². The van der Waals surface area contributed by atoms with Gasteiger partial charge >= 0.3 is 0 Å². The molecule has 0 spiro atoms. The van der Waals surface area contributed by atoms with E-state index in [9.17, 15) is 4.79 Å². The van der Waals surface area contributed by atoms with Gasteiger partial charge in [0.1, 0.15) is 5.76 Å². The van der Waals surface area contributed by atoms with Crippen LogP contribution in [0.1, 0.15) is 27.1 Å². The van der Waals surface area contributed by atoms with Gasteiger partial charge in [0.25, 0.3) is 0 Å². The van der Waals surface area contributed by atoms with E-state index in [1.54, 1.807) is 28.9 Å². The van der Waals surface area contributed by atoms with Crippen molar-refractivity contribution in [3.05, 3.63) is 68.4 Å². The molecule has 0 unspecified atom stereocenters. The highest BCUT2D eigenvalue weighted by Gasteiger charge is 2.33. The van der Waals surface area contributed by atoms with Crippen LogP contribution in [0.3, 0.4) is 0 Å². The molecule has 30 heavy (non-hydrogen) atoms. The Hall–Kier alpha value is -2.14. The molecular weight excluding hydrogens is 457 g/mol. The molecule has 5 rings (SSSR count). The fourth-order valence-electron chi connectivity index (χ4n) is 3.46. The molecular formula is C20H18N4O2S4. The summed E-state index contributed by atoms with van der Waals surface area (Å²) in [6.45, 7) is 1.31. The second kappa shape index (κ2) is 8.93. The molecule has 1 aliphatic heterocycles. The molecule has 0 saturated carbocycles. The molecule has 6 nitrogen and oxygen atoms in total. The highest BCUT2D eigenvalue weighted by Crippen LogP contribution is 2.40. The number of hydrogen-bond donors (Lipinski definition) is 1. The van der Waals surface area contributed by atoms with E-state index in [0.717, 1.165) is 28.2 Å². The highest BCUT2D eigenvalue weighted by atomic mass is 32.2. The van der Waals surface area contributed by atoms with Gasteiger partial charge in [0.05, 0.1) is 24.6 Å². The number of thioether (sulfide) groups is 1. The number of hydrogen-bond acceptors (Lipinski definition) is 9. The van der Waals surface area contributed by atoms with Crippen LogP contribution in [0.5, 0.6) is 0 Å². The molecule has 154 valence electrons. The molecule has 4 aromatic rings. The quantitative estimate of drug-likeness (QED) is 0.374. The average Bonchev–Trinajstić information content (AvgIpc) is 3.56. The number of furan rings is 1. The molecule has 0 aromatic carbocycles. The molecule has 0 bridgehead atoms. The van der Waals surface area contributed by atoms with Gasteiger partial charge in [-0.1, -0.05) is 29.2 Å². The number of anilines is 1. The number of carbonyl (C=O) groups is 1. The Kier molecular flexibility index (Phi) is 5.89. The number of rotatable bonds is 7. The monoisotopic (exact) mass is 474 g/mol. The van der Waals surface area contributed by atoms with Crippen molar-refractivity contribution in [2.75, 3.05) is 17.6 Å². The van der Waals surface area contributed by atoms with Crippen molar-refractivity contribution in [2.45, 2.75) is 23.3 Å². The molecule has 1 amide bonds. The van der Waals surface area contributed by atoms with Crippen LogP contribution in [0.25, 0.3) is 0 Å². The molecule has 1 atom stereocenters. The SMILES string of the molecule is O=C(CSc1nnc(NCc2ccco2)s1)N1CCc2sccc2[C@H]1c1cccs1. The predicted molar refractivity (Wildman–Crippen MR) is 123 cm³/mol. The Bertz CT molecular complexity index is 1100. The lowest BCUT2D eigenvalue weighted by Crippen LogP contribution is -2.40. The molecule has 4 aromatic heterocycles. The summed E-state index contributed by atoms with van der Waals surface area (Å²) in [5, 5.41) is 16.5. The van der Waals surface area contributed by atoms with Gasteiger partial charge in [-0.05, 0) is 47.0 Å². The summed E-state index contributed by atoms with van der Waals surface area (Å²) in [4.78, 5) is 17.8.